The zero-order chi connectivity index (χ0) is 19.3. The molecule has 0 radical (unpaired) electrons. The van der Waals surface area contributed by atoms with Crippen LogP contribution in [0, 0.1) is 13.8 Å². The normalized spacial score (nSPS) is 10.3. The van der Waals surface area contributed by atoms with Crippen molar-refractivity contribution in [2.75, 3.05) is 14.2 Å². The summed E-state index contributed by atoms with van der Waals surface area (Å²) in [7, 11) is -0.290. The number of methoxy groups -OCH3 is 2. The first-order valence-corrected chi connectivity index (χ1v) is 8.85. The Morgan fingerprint density at radius 1 is 0.769 bits per heavy atom. The first kappa shape index (κ1) is 19.5. The van der Waals surface area contributed by atoms with Gasteiger partial charge in [0.15, 0.2) is 0 Å². The molecule has 0 fully saturated rings. The van der Waals surface area contributed by atoms with E-state index in [9.17, 15) is 14.2 Å². The Balaban J connectivity index is 2.07. The molecule has 0 N–H and O–H groups in total. The number of rotatable bonds is 6. The lowest BCUT2D eigenvalue weighted by Gasteiger charge is -2.11. The van der Waals surface area contributed by atoms with Gasteiger partial charge < -0.3 is 18.5 Å². The standard InChI is InChI=1S/C18H19O7P/c1-11-9-13(5-7-15(11)17(19)22-3)24-26(21)25-14-6-8-16(12(2)10-14)18(20)23-4/h5-10,26H,1-4H3. The summed E-state index contributed by atoms with van der Waals surface area (Å²) in [4.78, 5) is 23.1. The first-order chi connectivity index (χ1) is 12.3. The fraction of sp³-hybridized carbons (Fsp3) is 0.222. The lowest BCUT2D eigenvalue weighted by Crippen LogP contribution is -2.04. The second-order valence-corrected chi connectivity index (χ2v) is 6.30. The Morgan fingerprint density at radius 2 is 1.15 bits per heavy atom. The summed E-state index contributed by atoms with van der Waals surface area (Å²) in [5.41, 5.74) is 2.05. The molecule has 0 saturated carbocycles. The molecule has 138 valence electrons. The highest BCUT2D eigenvalue weighted by molar-refractivity contribution is 7.34. The minimum atomic E-state index is -2.89. The van der Waals surface area contributed by atoms with Crippen molar-refractivity contribution in [2.24, 2.45) is 0 Å². The third-order valence-electron chi connectivity index (χ3n) is 3.61. The van der Waals surface area contributed by atoms with Gasteiger partial charge >= 0.3 is 20.2 Å². The molecular formula is C18H19O7P. The van der Waals surface area contributed by atoms with Crippen LogP contribution >= 0.6 is 8.25 Å². The molecule has 2 aromatic carbocycles. The van der Waals surface area contributed by atoms with Crippen molar-refractivity contribution >= 4 is 20.2 Å². The van der Waals surface area contributed by atoms with E-state index < -0.39 is 20.2 Å². The lowest BCUT2D eigenvalue weighted by atomic mass is 10.1. The SMILES string of the molecule is COC(=O)c1ccc(O[PH](=O)Oc2ccc(C(=O)OC)c(C)c2)cc1C. The molecule has 2 aromatic rings. The third-order valence-corrected chi connectivity index (χ3v) is 4.41. The van der Waals surface area contributed by atoms with Gasteiger partial charge in [-0.2, -0.15) is 0 Å². The van der Waals surface area contributed by atoms with Crippen LogP contribution in [0.5, 0.6) is 11.5 Å². The summed E-state index contributed by atoms with van der Waals surface area (Å²) in [6.07, 6.45) is 0. The van der Waals surface area contributed by atoms with Crippen molar-refractivity contribution in [3.05, 3.63) is 58.7 Å². The molecule has 0 aliphatic carbocycles. The van der Waals surface area contributed by atoms with E-state index >= 15 is 0 Å². The van der Waals surface area contributed by atoms with E-state index in [1.807, 2.05) is 0 Å². The maximum atomic E-state index is 12.1. The topological polar surface area (TPSA) is 88.1 Å². The van der Waals surface area contributed by atoms with E-state index in [1.165, 1.54) is 38.5 Å². The number of ether oxygens (including phenoxy) is 2. The molecule has 0 aliphatic heterocycles. The molecule has 2 rings (SSSR count). The van der Waals surface area contributed by atoms with E-state index in [0.29, 0.717) is 33.8 Å². The second-order valence-electron chi connectivity index (χ2n) is 5.39. The van der Waals surface area contributed by atoms with Crippen molar-refractivity contribution in [3.8, 4) is 11.5 Å². The van der Waals surface area contributed by atoms with Crippen LogP contribution in [-0.4, -0.2) is 26.2 Å². The van der Waals surface area contributed by atoms with Crippen LogP contribution in [0.3, 0.4) is 0 Å². The minimum Gasteiger partial charge on any atom is -0.465 e. The quantitative estimate of drug-likeness (QED) is 0.559. The molecular weight excluding hydrogens is 359 g/mol. The average molecular weight is 378 g/mol. The number of esters is 2. The Morgan fingerprint density at radius 3 is 1.46 bits per heavy atom. The molecule has 0 bridgehead atoms. The third kappa shape index (κ3) is 4.64. The highest BCUT2D eigenvalue weighted by Crippen LogP contribution is 2.32. The van der Waals surface area contributed by atoms with Crippen molar-refractivity contribution in [3.63, 3.8) is 0 Å². The monoisotopic (exact) mass is 378 g/mol. The predicted molar refractivity (Wildman–Crippen MR) is 95.3 cm³/mol. The van der Waals surface area contributed by atoms with Crippen LogP contribution in [0.4, 0.5) is 0 Å². The number of aryl methyl sites for hydroxylation is 2. The van der Waals surface area contributed by atoms with Gasteiger partial charge in [0.2, 0.25) is 0 Å². The van der Waals surface area contributed by atoms with Gasteiger partial charge in [-0.1, -0.05) is 0 Å². The number of hydrogen-bond donors (Lipinski definition) is 0. The summed E-state index contributed by atoms with van der Waals surface area (Å²) in [6.45, 7) is 3.43. The van der Waals surface area contributed by atoms with Gasteiger partial charge in [-0.05, 0) is 61.4 Å². The van der Waals surface area contributed by atoms with Crippen LogP contribution in [0.2, 0.25) is 0 Å². The van der Waals surface area contributed by atoms with Gasteiger partial charge in [0.25, 0.3) is 0 Å². The Bertz CT molecular complexity index is 791. The number of carbonyl (C=O) groups is 2. The van der Waals surface area contributed by atoms with E-state index in [0.717, 1.165) is 0 Å². The fourth-order valence-electron chi connectivity index (χ4n) is 2.29. The minimum absolute atomic E-state index is 0.307. The van der Waals surface area contributed by atoms with Crippen molar-refractivity contribution < 1.29 is 32.7 Å². The number of carbonyl (C=O) groups excluding carboxylic acids is 2. The molecule has 0 atom stereocenters. The molecule has 26 heavy (non-hydrogen) atoms. The van der Waals surface area contributed by atoms with E-state index in [2.05, 4.69) is 9.47 Å². The molecule has 0 saturated heterocycles. The summed E-state index contributed by atoms with van der Waals surface area (Å²) >= 11 is 0. The van der Waals surface area contributed by atoms with Crippen LogP contribution in [0.25, 0.3) is 0 Å². The first-order valence-electron chi connectivity index (χ1n) is 7.63. The summed E-state index contributed by atoms with van der Waals surface area (Å²) in [5, 5.41) is 0. The molecule has 7 nitrogen and oxygen atoms in total. The predicted octanol–water partition coefficient (Wildman–Crippen LogP) is 3.72. The molecule has 8 heteroatoms. The summed E-state index contributed by atoms with van der Waals surface area (Å²) < 4.78 is 32.0. The Hall–Kier alpha value is -2.79. The van der Waals surface area contributed by atoms with Crippen molar-refractivity contribution in [2.45, 2.75) is 13.8 Å². The van der Waals surface area contributed by atoms with Gasteiger partial charge in [0.05, 0.1) is 25.3 Å². The number of hydrogen-bond acceptors (Lipinski definition) is 7. The van der Waals surface area contributed by atoms with Crippen LogP contribution < -0.4 is 9.05 Å². The van der Waals surface area contributed by atoms with Crippen LogP contribution in [0.15, 0.2) is 36.4 Å². The molecule has 0 aliphatic rings. The molecule has 0 aromatic heterocycles. The van der Waals surface area contributed by atoms with Gasteiger partial charge in [-0.15, -0.1) is 0 Å². The largest absolute Gasteiger partial charge is 0.465 e. The highest BCUT2D eigenvalue weighted by atomic mass is 31.1. The van der Waals surface area contributed by atoms with Crippen molar-refractivity contribution in [1.82, 2.24) is 0 Å². The van der Waals surface area contributed by atoms with E-state index in [1.54, 1.807) is 26.0 Å². The molecule has 0 unspecified atom stereocenters. The van der Waals surface area contributed by atoms with Gasteiger partial charge in [0, 0.05) is 0 Å². The van der Waals surface area contributed by atoms with Gasteiger partial charge in [-0.3, -0.25) is 0 Å². The molecule has 0 heterocycles. The Labute approximate surface area is 151 Å². The fourth-order valence-corrected chi connectivity index (χ4v) is 2.97. The average Bonchev–Trinajstić information content (AvgIpc) is 2.60. The number of benzene rings is 2. The summed E-state index contributed by atoms with van der Waals surface area (Å²) in [5.74, 6) is -0.304. The maximum absolute atomic E-state index is 12.1. The maximum Gasteiger partial charge on any atom is 0.418 e. The molecule has 0 amide bonds. The van der Waals surface area contributed by atoms with E-state index in [4.69, 9.17) is 9.05 Å². The van der Waals surface area contributed by atoms with E-state index in [-0.39, 0.29) is 0 Å². The molecule has 0 spiro atoms. The highest BCUT2D eigenvalue weighted by Gasteiger charge is 2.13. The van der Waals surface area contributed by atoms with Crippen molar-refractivity contribution in [1.29, 1.82) is 0 Å². The van der Waals surface area contributed by atoms with Gasteiger partial charge in [0.1, 0.15) is 11.5 Å². The Kier molecular flexibility index (Phi) is 6.41. The van der Waals surface area contributed by atoms with Crippen LogP contribution in [-0.2, 0) is 14.0 Å². The summed E-state index contributed by atoms with van der Waals surface area (Å²) in [6, 6.07) is 9.23. The van der Waals surface area contributed by atoms with Gasteiger partial charge in [-0.25, -0.2) is 14.2 Å². The lowest BCUT2D eigenvalue weighted by molar-refractivity contribution is 0.0591. The zero-order valence-corrected chi connectivity index (χ0v) is 15.8. The zero-order valence-electron chi connectivity index (χ0n) is 14.8. The smallest absolute Gasteiger partial charge is 0.418 e. The second kappa shape index (κ2) is 8.54. The van der Waals surface area contributed by atoms with Crippen LogP contribution in [0.1, 0.15) is 31.8 Å².